The minimum atomic E-state index is -0.446. The molecule has 0 N–H and O–H groups in total. The highest BCUT2D eigenvalue weighted by molar-refractivity contribution is 7.17. The van der Waals surface area contributed by atoms with E-state index in [4.69, 9.17) is 9.47 Å². The van der Waals surface area contributed by atoms with E-state index in [1.165, 1.54) is 16.9 Å². The molecule has 0 amide bonds. The average molecular weight is 407 g/mol. The number of esters is 1. The summed E-state index contributed by atoms with van der Waals surface area (Å²) in [5.74, 6) is 0.213. The lowest BCUT2D eigenvalue weighted by Gasteiger charge is -2.16. The first-order valence-corrected chi connectivity index (χ1v) is 10.4. The molecule has 29 heavy (non-hydrogen) atoms. The number of thiophene rings is 1. The van der Waals surface area contributed by atoms with Gasteiger partial charge in [-0.2, -0.15) is 0 Å². The number of hydrogen-bond acceptors (Lipinski definition) is 5. The lowest BCUT2D eigenvalue weighted by atomic mass is 9.91. The van der Waals surface area contributed by atoms with Crippen LogP contribution in [0.5, 0.6) is 5.75 Å². The number of aryl methyl sites for hydroxylation is 4. The van der Waals surface area contributed by atoms with Crippen molar-refractivity contribution in [3.05, 3.63) is 75.2 Å². The Kier molecular flexibility index (Phi) is 5.24. The molecule has 3 aromatic rings. The van der Waals surface area contributed by atoms with Gasteiger partial charge in [-0.05, 0) is 79.3 Å². The first kappa shape index (κ1) is 19.4. The fourth-order valence-electron chi connectivity index (χ4n) is 3.65. The minimum Gasteiger partial charge on any atom is -0.497 e. The van der Waals surface area contributed by atoms with Crippen LogP contribution in [0.4, 0.5) is 0 Å². The Morgan fingerprint density at radius 1 is 1.00 bits per heavy atom. The van der Waals surface area contributed by atoms with Crippen LogP contribution in [0.2, 0.25) is 0 Å². The summed E-state index contributed by atoms with van der Waals surface area (Å²) in [6, 6.07) is 13.6. The third kappa shape index (κ3) is 3.83. The lowest BCUT2D eigenvalue weighted by molar-refractivity contribution is 0.0479. The van der Waals surface area contributed by atoms with Gasteiger partial charge >= 0.3 is 5.97 Å². The summed E-state index contributed by atoms with van der Waals surface area (Å²) in [6.45, 7) is 3.57. The Morgan fingerprint density at radius 2 is 1.79 bits per heavy atom. The standard InChI is InChI=1S/C24H22O4S/c1-14-4-5-15(2)20(10-14)21(25)13-28-24(26)22-12-17-7-6-16-11-18(27-3)8-9-19(16)23(17)29-22/h4-5,8-12H,6-7,13H2,1-3H3. The number of benzene rings is 2. The van der Waals surface area contributed by atoms with Crippen LogP contribution in [0.15, 0.2) is 42.5 Å². The van der Waals surface area contributed by atoms with Crippen LogP contribution in [0.1, 0.15) is 42.3 Å². The molecule has 0 radical (unpaired) electrons. The molecule has 1 aliphatic rings. The largest absolute Gasteiger partial charge is 0.497 e. The zero-order valence-corrected chi connectivity index (χ0v) is 17.5. The van der Waals surface area contributed by atoms with E-state index < -0.39 is 5.97 Å². The van der Waals surface area contributed by atoms with Crippen LogP contribution in [-0.4, -0.2) is 25.5 Å². The predicted molar refractivity (Wildman–Crippen MR) is 114 cm³/mol. The second-order valence-electron chi connectivity index (χ2n) is 7.31. The number of hydrogen-bond donors (Lipinski definition) is 0. The molecule has 4 rings (SSSR count). The highest BCUT2D eigenvalue weighted by Crippen LogP contribution is 2.41. The van der Waals surface area contributed by atoms with Crippen molar-refractivity contribution in [2.45, 2.75) is 26.7 Å². The molecular formula is C24H22O4S. The fourth-order valence-corrected chi connectivity index (χ4v) is 4.82. The molecule has 0 unspecified atom stereocenters. The monoisotopic (exact) mass is 406 g/mol. The number of fused-ring (bicyclic) bond motifs is 3. The molecule has 1 aromatic heterocycles. The van der Waals surface area contributed by atoms with Gasteiger partial charge in [0.05, 0.1) is 7.11 Å². The number of Topliss-reactive ketones (excluding diaryl/α,β-unsaturated/α-hetero) is 1. The van der Waals surface area contributed by atoms with Crippen LogP contribution >= 0.6 is 11.3 Å². The molecule has 5 heteroatoms. The number of carbonyl (C=O) groups is 2. The number of methoxy groups -OCH3 is 1. The third-order valence-corrected chi connectivity index (χ3v) is 6.45. The molecular weight excluding hydrogens is 384 g/mol. The molecule has 0 spiro atoms. The summed E-state index contributed by atoms with van der Waals surface area (Å²) in [5, 5.41) is 0. The van der Waals surface area contributed by atoms with Gasteiger partial charge < -0.3 is 9.47 Å². The van der Waals surface area contributed by atoms with Crippen LogP contribution in [0, 0.1) is 13.8 Å². The maximum Gasteiger partial charge on any atom is 0.348 e. The first-order chi connectivity index (χ1) is 14.0. The van der Waals surface area contributed by atoms with Crippen molar-refractivity contribution >= 4 is 23.1 Å². The van der Waals surface area contributed by atoms with E-state index in [2.05, 4.69) is 6.07 Å². The number of ketones is 1. The Bertz CT molecular complexity index is 1110. The van der Waals surface area contributed by atoms with Crippen LogP contribution in [0.25, 0.3) is 10.4 Å². The van der Waals surface area contributed by atoms with Crippen molar-refractivity contribution in [3.8, 4) is 16.2 Å². The van der Waals surface area contributed by atoms with E-state index in [9.17, 15) is 9.59 Å². The Hall–Kier alpha value is -2.92. The summed E-state index contributed by atoms with van der Waals surface area (Å²) in [7, 11) is 1.66. The Labute approximate surface area is 174 Å². The summed E-state index contributed by atoms with van der Waals surface area (Å²) in [6.07, 6.45) is 1.79. The van der Waals surface area contributed by atoms with E-state index in [1.807, 2.05) is 50.2 Å². The molecule has 0 saturated carbocycles. The van der Waals surface area contributed by atoms with Gasteiger partial charge in [0.15, 0.2) is 6.61 Å². The second kappa shape index (κ2) is 7.84. The first-order valence-electron chi connectivity index (χ1n) is 9.54. The number of carbonyl (C=O) groups excluding carboxylic acids is 2. The number of rotatable bonds is 5. The molecule has 4 nitrogen and oxygen atoms in total. The van der Waals surface area contributed by atoms with Crippen molar-refractivity contribution in [2.24, 2.45) is 0 Å². The molecule has 0 bridgehead atoms. The Morgan fingerprint density at radius 3 is 2.59 bits per heavy atom. The van der Waals surface area contributed by atoms with Gasteiger partial charge in [-0.1, -0.05) is 17.7 Å². The van der Waals surface area contributed by atoms with E-state index in [1.54, 1.807) is 7.11 Å². The summed E-state index contributed by atoms with van der Waals surface area (Å²) < 4.78 is 10.7. The summed E-state index contributed by atoms with van der Waals surface area (Å²) in [4.78, 5) is 26.7. The third-order valence-electron chi connectivity index (χ3n) is 5.26. The quantitative estimate of drug-likeness (QED) is 0.433. The van der Waals surface area contributed by atoms with E-state index in [0.717, 1.165) is 45.7 Å². The Balaban J connectivity index is 1.50. The molecule has 0 saturated heterocycles. The molecule has 0 atom stereocenters. The van der Waals surface area contributed by atoms with E-state index >= 15 is 0 Å². The smallest absolute Gasteiger partial charge is 0.348 e. The molecule has 1 aliphatic carbocycles. The van der Waals surface area contributed by atoms with Gasteiger partial charge in [0.25, 0.3) is 0 Å². The van der Waals surface area contributed by atoms with Crippen molar-refractivity contribution < 1.29 is 19.1 Å². The molecule has 0 fully saturated rings. The summed E-state index contributed by atoms with van der Waals surface area (Å²) in [5.41, 5.74) is 6.01. The molecule has 2 aromatic carbocycles. The average Bonchev–Trinajstić information content (AvgIpc) is 3.18. The van der Waals surface area contributed by atoms with Crippen molar-refractivity contribution in [1.29, 1.82) is 0 Å². The van der Waals surface area contributed by atoms with Gasteiger partial charge in [0, 0.05) is 10.4 Å². The normalized spacial score (nSPS) is 12.1. The van der Waals surface area contributed by atoms with Crippen molar-refractivity contribution in [1.82, 2.24) is 0 Å². The van der Waals surface area contributed by atoms with Crippen LogP contribution < -0.4 is 4.74 Å². The van der Waals surface area contributed by atoms with E-state index in [-0.39, 0.29) is 12.4 Å². The summed E-state index contributed by atoms with van der Waals surface area (Å²) >= 11 is 1.43. The molecule has 1 heterocycles. The minimum absolute atomic E-state index is 0.182. The van der Waals surface area contributed by atoms with Gasteiger partial charge in [-0.25, -0.2) is 4.79 Å². The number of ether oxygens (including phenoxy) is 2. The maximum atomic E-state index is 12.6. The highest BCUT2D eigenvalue weighted by Gasteiger charge is 2.23. The van der Waals surface area contributed by atoms with Crippen LogP contribution in [0.3, 0.4) is 0 Å². The topological polar surface area (TPSA) is 52.6 Å². The van der Waals surface area contributed by atoms with Gasteiger partial charge in [-0.15, -0.1) is 11.3 Å². The SMILES string of the molecule is COc1ccc2c(c1)CCc1cc(C(=O)OCC(=O)c3cc(C)ccc3C)sc1-2. The second-order valence-corrected chi connectivity index (χ2v) is 8.36. The van der Waals surface area contributed by atoms with E-state index in [0.29, 0.717) is 10.4 Å². The van der Waals surface area contributed by atoms with Crippen LogP contribution in [-0.2, 0) is 17.6 Å². The lowest BCUT2D eigenvalue weighted by Crippen LogP contribution is -2.14. The fraction of sp³-hybridized carbons (Fsp3) is 0.250. The van der Waals surface area contributed by atoms with Gasteiger partial charge in [0.2, 0.25) is 5.78 Å². The molecule has 0 aliphatic heterocycles. The molecule has 148 valence electrons. The predicted octanol–water partition coefficient (Wildman–Crippen LogP) is 5.18. The maximum absolute atomic E-state index is 12.6. The highest BCUT2D eigenvalue weighted by atomic mass is 32.1. The van der Waals surface area contributed by atoms with Crippen molar-refractivity contribution in [2.75, 3.05) is 13.7 Å². The van der Waals surface area contributed by atoms with Gasteiger partial charge in [-0.3, -0.25) is 4.79 Å². The van der Waals surface area contributed by atoms with Gasteiger partial charge in [0.1, 0.15) is 10.6 Å². The van der Waals surface area contributed by atoms with Crippen molar-refractivity contribution in [3.63, 3.8) is 0 Å². The zero-order valence-electron chi connectivity index (χ0n) is 16.7. The zero-order chi connectivity index (χ0) is 20.5.